The normalized spacial score (nSPS) is 16.6. The first-order valence-corrected chi connectivity index (χ1v) is 16.5. The summed E-state index contributed by atoms with van der Waals surface area (Å²) < 4.78 is 32.9. The molecule has 0 aliphatic carbocycles. The summed E-state index contributed by atoms with van der Waals surface area (Å²) >= 11 is 2.20. The third kappa shape index (κ3) is 16.7. The van der Waals surface area contributed by atoms with Crippen molar-refractivity contribution in [2.24, 2.45) is 0 Å². The largest absolute Gasteiger partial charge is 1.00 e. The van der Waals surface area contributed by atoms with Crippen LogP contribution in [0.5, 0.6) is 0 Å². The summed E-state index contributed by atoms with van der Waals surface area (Å²) in [6.07, 6.45) is 6.65. The molecule has 0 radical (unpaired) electrons. The van der Waals surface area contributed by atoms with Gasteiger partial charge in [-0.25, -0.2) is 0 Å². The van der Waals surface area contributed by atoms with Crippen LogP contribution in [-0.2, 0) is 60.4 Å². The second kappa shape index (κ2) is 25.8. The van der Waals surface area contributed by atoms with E-state index in [0.717, 1.165) is 46.3 Å². The van der Waals surface area contributed by atoms with Gasteiger partial charge in [0.05, 0.1) is 64.7 Å². The predicted octanol–water partition coefficient (Wildman–Crippen LogP) is -1.27. The summed E-state index contributed by atoms with van der Waals surface area (Å²) in [5, 5.41) is 8.43. The Balaban J connectivity index is 0. The van der Waals surface area contributed by atoms with Crippen molar-refractivity contribution in [1.29, 1.82) is 0 Å². The Morgan fingerprint density at radius 1 is 0.840 bits per heavy atom. The molecule has 0 amide bonds. The number of carbonyl (C=O) groups is 3. The minimum Gasteiger partial charge on any atom is -1.00 e. The summed E-state index contributed by atoms with van der Waals surface area (Å²) in [4.78, 5) is 33.5. The molecule has 11 nitrogen and oxygen atoms in total. The molecule has 0 atom stereocenters. The molecule has 0 spiro atoms. The molecule has 3 aliphatic heterocycles. The van der Waals surface area contributed by atoms with Gasteiger partial charge in [-0.15, -0.1) is 0 Å². The van der Waals surface area contributed by atoms with Crippen LogP contribution in [0.1, 0.15) is 58.7 Å². The summed E-state index contributed by atoms with van der Waals surface area (Å²) in [7, 11) is 2.63. The quantitative estimate of drug-likeness (QED) is 0.0826. The monoisotopic (exact) mass is 826 g/mol. The number of methoxy groups -OCH3 is 2. The van der Waals surface area contributed by atoms with E-state index in [1.165, 1.54) is 25.3 Å². The van der Waals surface area contributed by atoms with Crippen molar-refractivity contribution in [2.75, 3.05) is 40.6 Å². The fourth-order valence-electron chi connectivity index (χ4n) is 4.61. The zero-order chi connectivity index (χ0) is 35.6. The number of ether oxygens (including phenoxy) is 4. The Hall–Kier alpha value is -1.08. The van der Waals surface area contributed by atoms with Crippen LogP contribution in [0, 0.1) is 3.57 Å². The van der Waals surface area contributed by atoms with Crippen molar-refractivity contribution in [2.45, 2.75) is 64.6 Å². The molecule has 2 aromatic rings. The van der Waals surface area contributed by atoms with Crippen molar-refractivity contribution in [3.63, 3.8) is 0 Å². The van der Waals surface area contributed by atoms with E-state index in [9.17, 15) is 9.59 Å². The third-order valence-corrected chi connectivity index (χ3v) is 9.06. The van der Waals surface area contributed by atoms with E-state index in [1.54, 1.807) is 0 Å². The van der Waals surface area contributed by atoms with Gasteiger partial charge in [0.25, 0.3) is 6.47 Å². The summed E-state index contributed by atoms with van der Waals surface area (Å²) in [6.45, 7) is 11.0. The van der Waals surface area contributed by atoms with Crippen molar-refractivity contribution >= 4 is 53.7 Å². The zero-order valence-electron chi connectivity index (χ0n) is 31.5. The molecule has 1 saturated heterocycles. The van der Waals surface area contributed by atoms with E-state index in [4.69, 9.17) is 33.6 Å². The molecule has 2 aromatic carbocycles. The third-order valence-electron chi connectivity index (χ3n) is 8.00. The van der Waals surface area contributed by atoms with E-state index in [0.29, 0.717) is 26.1 Å². The minimum atomic E-state index is -0.239. The van der Waals surface area contributed by atoms with Crippen LogP contribution in [0.15, 0.2) is 66.2 Å². The fraction of sp³-hybridized carbons (Fsp3) is 0.457. The number of benzene rings is 2. The fourth-order valence-corrected chi connectivity index (χ4v) is 5.18. The number of esters is 2. The second-order valence-corrected chi connectivity index (χ2v) is 12.9. The van der Waals surface area contributed by atoms with Gasteiger partial charge in [0.2, 0.25) is 0 Å². The molecule has 3 heterocycles. The van der Waals surface area contributed by atoms with Crippen LogP contribution in [0.25, 0.3) is 5.57 Å². The van der Waals surface area contributed by atoms with Gasteiger partial charge in [-0.3, -0.25) is 14.4 Å². The van der Waals surface area contributed by atoms with Crippen LogP contribution < -0.4 is 64.4 Å². The Kier molecular flexibility index (Phi) is 25.3. The summed E-state index contributed by atoms with van der Waals surface area (Å²) in [5.41, 5.74) is 5.18. The molecule has 1 fully saturated rings. The molecule has 15 heteroatoms. The van der Waals surface area contributed by atoms with E-state index in [2.05, 4.69) is 78.1 Å². The minimum absolute atomic E-state index is 0. The van der Waals surface area contributed by atoms with Crippen LogP contribution in [-0.4, -0.2) is 77.4 Å². The average molecular weight is 826 g/mol. The molecule has 0 aromatic heterocycles. The first-order valence-electron chi connectivity index (χ1n) is 15.5. The van der Waals surface area contributed by atoms with Crippen LogP contribution in [0.4, 0.5) is 0 Å². The molecular weight excluding hydrogens is 780 g/mol. The van der Waals surface area contributed by atoms with Crippen molar-refractivity contribution < 1.29 is 113 Å². The van der Waals surface area contributed by atoms with Gasteiger partial charge in [0, 0.05) is 3.57 Å². The number of hydrogen-bond acceptors (Lipinski definition) is 11. The van der Waals surface area contributed by atoms with Crippen LogP contribution in [0.3, 0.4) is 0 Å². The van der Waals surface area contributed by atoms with Gasteiger partial charge in [-0.2, -0.15) is 0 Å². The maximum Gasteiger partial charge on any atom is 1.00 e. The maximum absolute atomic E-state index is 11.3. The van der Waals surface area contributed by atoms with Gasteiger partial charge in [-0.1, -0.05) is 54.6 Å². The summed E-state index contributed by atoms with van der Waals surface area (Å²) in [5.74, 6) is -0.399. The molecule has 5 rings (SSSR count). The van der Waals surface area contributed by atoms with Crippen LogP contribution in [0.2, 0.25) is 0 Å². The Labute approximate surface area is 355 Å². The Morgan fingerprint density at radius 2 is 1.32 bits per heavy atom. The zero-order valence-corrected chi connectivity index (χ0v) is 36.6. The molecule has 0 saturated carbocycles. The first-order chi connectivity index (χ1) is 22.9. The van der Waals surface area contributed by atoms with Crippen molar-refractivity contribution in [3.05, 3.63) is 86.4 Å². The smallest absolute Gasteiger partial charge is 1.00 e. The standard InChI is InChI=1S/C14H16O3.C11H19BO3.C9H9IO2.CH2O3.2Na.H/c1-16-14(15)10-12-4-2-3-5-13(12)11-6-8-17-9-7-11;1-10(2)11(3,4)15-12(14-10)9-5-7-13-8-6-9;1-12-9(11)6-7-4-2-3-5-8(7)10;2-1-4-3;;;/h2-6H,7-10H2,1H3;5H,6-8H2,1-4H3;2-5H,6H2,1H3;1,3H;;;/q;;;;2*+1;-1/p-1. The van der Waals surface area contributed by atoms with Gasteiger partial charge in [0.15, 0.2) is 0 Å². The van der Waals surface area contributed by atoms with Crippen molar-refractivity contribution in [3.8, 4) is 0 Å². The SMILES string of the molecule is CC1(C)OB(C2=CCOCC2)OC1(C)C.COC(=O)Cc1ccccc1C1=CCOCC1.COC(=O)Cc1ccccc1I.O=CO[O-].[H-].[Na+].[Na+]. The van der Waals surface area contributed by atoms with Crippen molar-refractivity contribution in [1.82, 2.24) is 0 Å². The second-order valence-electron chi connectivity index (χ2n) is 11.7. The number of rotatable bonds is 7. The van der Waals surface area contributed by atoms with Gasteiger partial charge in [-0.05, 0) is 96.9 Å². The average Bonchev–Trinajstić information content (AvgIpc) is 3.33. The first kappa shape index (κ1) is 48.9. The molecule has 0 unspecified atom stereocenters. The molecular formula is C35H46BINa2O11. The Morgan fingerprint density at radius 3 is 1.78 bits per heavy atom. The number of hydrogen-bond donors (Lipinski definition) is 0. The maximum atomic E-state index is 11.3. The van der Waals surface area contributed by atoms with E-state index >= 15 is 0 Å². The molecule has 3 aliphatic rings. The van der Waals surface area contributed by atoms with E-state index in [1.807, 2.05) is 42.5 Å². The van der Waals surface area contributed by atoms with Gasteiger partial charge in [0.1, 0.15) is 0 Å². The van der Waals surface area contributed by atoms with Gasteiger partial charge < -0.3 is 39.8 Å². The van der Waals surface area contributed by atoms with E-state index in [-0.39, 0.29) is 97.3 Å². The number of halogens is 1. The molecule has 0 bridgehead atoms. The molecule has 0 N–H and O–H groups in total. The molecule has 264 valence electrons. The van der Waals surface area contributed by atoms with Gasteiger partial charge >= 0.3 is 78.2 Å². The predicted molar refractivity (Wildman–Crippen MR) is 188 cm³/mol. The Bertz CT molecular complexity index is 1390. The van der Waals surface area contributed by atoms with E-state index < -0.39 is 0 Å². The topological polar surface area (TPSA) is 139 Å². The van der Waals surface area contributed by atoms with Crippen LogP contribution >= 0.6 is 22.6 Å². The molecule has 50 heavy (non-hydrogen) atoms. The number of carbonyl (C=O) groups excluding carboxylic acids is 3. The summed E-state index contributed by atoms with van der Waals surface area (Å²) in [6, 6.07) is 15.7.